The summed E-state index contributed by atoms with van der Waals surface area (Å²) in [5, 5.41) is 0. The standard InChI is InChI=1S/C10H16O2S/c1-11-8-12-10-4-2-9(3-5-10)6-7-13/h2,4-5,9,13H,3,6-8H2,1H3/p+1. The minimum Gasteiger partial charge on any atom is -0.468 e. The highest BCUT2D eigenvalue weighted by Gasteiger charge is 2.09. The van der Waals surface area contributed by atoms with Crippen LogP contribution in [0.2, 0.25) is 0 Å². The van der Waals surface area contributed by atoms with Crippen LogP contribution in [0.15, 0.2) is 24.0 Å². The van der Waals surface area contributed by atoms with Crippen molar-refractivity contribution in [2.45, 2.75) is 12.8 Å². The Labute approximate surface area is 85.0 Å². The molecule has 0 aromatic rings. The zero-order valence-corrected chi connectivity index (χ0v) is 8.95. The average Bonchev–Trinajstić information content (AvgIpc) is 2.17. The van der Waals surface area contributed by atoms with Crippen molar-refractivity contribution in [3.05, 3.63) is 24.0 Å². The van der Waals surface area contributed by atoms with Crippen molar-refractivity contribution in [2.24, 2.45) is 5.92 Å². The molecular weight excluding hydrogens is 184 g/mol. The first-order valence-corrected chi connectivity index (χ1v) is 5.22. The van der Waals surface area contributed by atoms with E-state index in [1.165, 1.54) is 6.42 Å². The van der Waals surface area contributed by atoms with Crippen LogP contribution in [0.1, 0.15) is 12.8 Å². The highest BCUT2D eigenvalue weighted by molar-refractivity contribution is 7.58. The van der Waals surface area contributed by atoms with Crippen molar-refractivity contribution < 1.29 is 9.47 Å². The predicted molar refractivity (Wildman–Crippen MR) is 57.9 cm³/mol. The number of hydrogen-bond donors (Lipinski definition) is 0. The molecule has 1 unspecified atom stereocenters. The molecule has 0 amide bonds. The van der Waals surface area contributed by atoms with Crippen LogP contribution in [-0.2, 0) is 22.1 Å². The van der Waals surface area contributed by atoms with E-state index in [-0.39, 0.29) is 0 Å². The molecule has 0 fully saturated rings. The second kappa shape index (κ2) is 6.11. The lowest BCUT2D eigenvalue weighted by Crippen LogP contribution is -2.04. The number of methoxy groups -OCH3 is 1. The van der Waals surface area contributed by atoms with Crippen molar-refractivity contribution in [1.29, 1.82) is 0 Å². The first kappa shape index (κ1) is 10.7. The van der Waals surface area contributed by atoms with Crippen LogP contribution in [0, 0.1) is 5.92 Å². The molecule has 0 N–H and O–H groups in total. The lowest BCUT2D eigenvalue weighted by Gasteiger charge is -2.14. The lowest BCUT2D eigenvalue weighted by molar-refractivity contribution is 0.00927. The average molecular weight is 201 g/mol. The molecule has 0 spiro atoms. The van der Waals surface area contributed by atoms with Gasteiger partial charge >= 0.3 is 0 Å². The molecule has 0 saturated heterocycles. The molecule has 1 atom stereocenters. The van der Waals surface area contributed by atoms with E-state index in [0.29, 0.717) is 12.7 Å². The molecule has 1 rings (SSSR count). The first-order chi connectivity index (χ1) is 6.36. The second-order valence-corrected chi connectivity index (χ2v) is 3.55. The van der Waals surface area contributed by atoms with Crippen LogP contribution < -0.4 is 0 Å². The van der Waals surface area contributed by atoms with E-state index in [1.54, 1.807) is 7.11 Å². The lowest BCUT2D eigenvalue weighted by atomic mass is 9.98. The third kappa shape index (κ3) is 3.87. The van der Waals surface area contributed by atoms with Crippen LogP contribution in [-0.4, -0.2) is 19.7 Å². The predicted octanol–water partition coefficient (Wildman–Crippen LogP) is 1.47. The molecule has 3 heteroatoms. The number of ether oxygens (including phenoxy) is 2. The topological polar surface area (TPSA) is 18.5 Å². The minimum absolute atomic E-state index is 0.332. The van der Waals surface area contributed by atoms with Gasteiger partial charge in [0.05, 0.1) is 0 Å². The third-order valence-corrected chi connectivity index (χ3v) is 2.30. The Kier molecular flexibility index (Phi) is 5.01. The maximum absolute atomic E-state index is 5.30. The molecule has 0 aromatic heterocycles. The second-order valence-electron chi connectivity index (χ2n) is 3.05. The molecule has 1 aliphatic rings. The Morgan fingerprint density at radius 1 is 1.62 bits per heavy atom. The molecular formula is C10H17O2S+. The van der Waals surface area contributed by atoms with Gasteiger partial charge in [0.25, 0.3) is 0 Å². The molecule has 0 aromatic carbocycles. The largest absolute Gasteiger partial charge is 0.468 e. The van der Waals surface area contributed by atoms with E-state index < -0.39 is 0 Å². The summed E-state index contributed by atoms with van der Waals surface area (Å²) in [7, 11) is 1.63. The number of hydrogen-bond acceptors (Lipinski definition) is 2. The van der Waals surface area contributed by atoms with Gasteiger partial charge in [-0.3, -0.25) is 0 Å². The van der Waals surface area contributed by atoms with Crippen LogP contribution in [0.3, 0.4) is 0 Å². The van der Waals surface area contributed by atoms with Gasteiger partial charge in [-0.1, -0.05) is 6.08 Å². The van der Waals surface area contributed by atoms with Crippen molar-refractivity contribution in [1.82, 2.24) is 0 Å². The first-order valence-electron chi connectivity index (χ1n) is 4.51. The fraction of sp³-hybridized carbons (Fsp3) is 0.600. The normalized spacial score (nSPS) is 21.4. The van der Waals surface area contributed by atoms with E-state index in [2.05, 4.69) is 24.8 Å². The Morgan fingerprint density at radius 3 is 3.00 bits per heavy atom. The van der Waals surface area contributed by atoms with Crippen LogP contribution in [0.4, 0.5) is 0 Å². The molecule has 0 saturated carbocycles. The summed E-state index contributed by atoms with van der Waals surface area (Å²) in [6, 6.07) is 0. The van der Waals surface area contributed by atoms with E-state index in [1.807, 2.05) is 6.08 Å². The Morgan fingerprint density at radius 2 is 2.46 bits per heavy atom. The SMILES string of the molecule is COCOC1=CCC(CC[SH2+])C=C1. The number of allylic oxidation sites excluding steroid dienone is 3. The number of rotatable bonds is 5. The zero-order chi connectivity index (χ0) is 9.52. The van der Waals surface area contributed by atoms with Crippen LogP contribution in [0.25, 0.3) is 0 Å². The van der Waals surface area contributed by atoms with Gasteiger partial charge in [0.1, 0.15) is 11.5 Å². The monoisotopic (exact) mass is 201 g/mol. The highest BCUT2D eigenvalue weighted by atomic mass is 32.1. The summed E-state index contributed by atoms with van der Waals surface area (Å²) in [6.45, 7) is 0.332. The molecule has 1 aliphatic carbocycles. The van der Waals surface area contributed by atoms with E-state index in [9.17, 15) is 0 Å². The van der Waals surface area contributed by atoms with Crippen molar-refractivity contribution in [3.63, 3.8) is 0 Å². The smallest absolute Gasteiger partial charge is 0.188 e. The van der Waals surface area contributed by atoms with E-state index in [0.717, 1.165) is 17.9 Å². The molecule has 0 radical (unpaired) electrons. The van der Waals surface area contributed by atoms with E-state index in [4.69, 9.17) is 9.47 Å². The summed E-state index contributed by atoms with van der Waals surface area (Å²) < 4.78 is 10.1. The summed E-state index contributed by atoms with van der Waals surface area (Å²) in [5.41, 5.74) is 0. The van der Waals surface area contributed by atoms with Crippen LogP contribution in [0.5, 0.6) is 0 Å². The molecule has 74 valence electrons. The Balaban J connectivity index is 2.27. The van der Waals surface area contributed by atoms with Crippen molar-refractivity contribution >= 4 is 12.6 Å². The Bertz CT molecular complexity index is 199. The minimum atomic E-state index is 0.332. The van der Waals surface area contributed by atoms with Gasteiger partial charge in [-0.05, 0) is 43.5 Å². The zero-order valence-electron chi connectivity index (χ0n) is 7.95. The van der Waals surface area contributed by atoms with Crippen molar-refractivity contribution in [3.8, 4) is 0 Å². The summed E-state index contributed by atoms with van der Waals surface area (Å²) in [4.78, 5) is 0. The Hall–Kier alpha value is -0.410. The van der Waals surface area contributed by atoms with Gasteiger partial charge in [-0.2, -0.15) is 0 Å². The van der Waals surface area contributed by atoms with Gasteiger partial charge in [-0.15, -0.1) is 0 Å². The molecule has 0 aliphatic heterocycles. The molecule has 2 nitrogen and oxygen atoms in total. The van der Waals surface area contributed by atoms with Crippen molar-refractivity contribution in [2.75, 3.05) is 19.7 Å². The fourth-order valence-electron chi connectivity index (χ4n) is 1.28. The molecule has 13 heavy (non-hydrogen) atoms. The van der Waals surface area contributed by atoms with Gasteiger partial charge in [0.2, 0.25) is 0 Å². The summed E-state index contributed by atoms with van der Waals surface area (Å²) in [5.74, 6) is 2.64. The third-order valence-electron chi connectivity index (χ3n) is 2.01. The van der Waals surface area contributed by atoms with Gasteiger partial charge in [0.15, 0.2) is 6.79 Å². The maximum atomic E-state index is 5.30. The van der Waals surface area contributed by atoms with Gasteiger partial charge in [0, 0.05) is 7.11 Å². The van der Waals surface area contributed by atoms with Gasteiger partial charge in [-0.25, -0.2) is 0 Å². The highest BCUT2D eigenvalue weighted by Crippen LogP contribution is 2.19. The quantitative estimate of drug-likeness (QED) is 0.495. The molecule has 0 bridgehead atoms. The van der Waals surface area contributed by atoms with E-state index >= 15 is 0 Å². The summed E-state index contributed by atoms with van der Waals surface area (Å²) >= 11 is 3.48. The molecule has 0 heterocycles. The summed E-state index contributed by atoms with van der Waals surface area (Å²) in [6.07, 6.45) is 8.59. The van der Waals surface area contributed by atoms with Gasteiger partial charge < -0.3 is 9.47 Å². The van der Waals surface area contributed by atoms with Crippen LogP contribution >= 0.6 is 0 Å². The fourth-order valence-corrected chi connectivity index (χ4v) is 1.65. The maximum Gasteiger partial charge on any atom is 0.188 e.